The quantitative estimate of drug-likeness (QED) is 0.386. The largest absolute Gasteiger partial charge is 0.508 e. The molecule has 4 aromatic carbocycles. The van der Waals surface area contributed by atoms with Crippen molar-refractivity contribution in [2.75, 3.05) is 0 Å². The Morgan fingerprint density at radius 3 is 1.42 bits per heavy atom. The van der Waals surface area contributed by atoms with Crippen molar-refractivity contribution in [2.45, 2.75) is 30.5 Å². The second-order valence-corrected chi connectivity index (χ2v) is 8.89. The lowest BCUT2D eigenvalue weighted by molar-refractivity contribution is -0.146. The van der Waals surface area contributed by atoms with Crippen molar-refractivity contribution >= 4 is 0 Å². The number of hydrogen-bond donors (Lipinski definition) is 2. The Morgan fingerprint density at radius 1 is 0.576 bits per heavy atom. The number of rotatable bonds is 2. The molecule has 2 atom stereocenters. The molecule has 0 aliphatic carbocycles. The number of aromatic hydroxyl groups is 2. The summed E-state index contributed by atoms with van der Waals surface area (Å²) in [6, 6.07) is 31.3. The Balaban J connectivity index is 1.50. The highest BCUT2D eigenvalue weighted by molar-refractivity contribution is 5.51. The van der Waals surface area contributed by atoms with Crippen molar-refractivity contribution in [1.82, 2.24) is 0 Å². The van der Waals surface area contributed by atoms with Gasteiger partial charge in [-0.2, -0.15) is 0 Å². The molecule has 0 radical (unpaired) electrons. The molecule has 4 aromatic rings. The lowest BCUT2D eigenvalue weighted by Crippen LogP contribution is -2.50. The summed E-state index contributed by atoms with van der Waals surface area (Å²) in [7, 11) is 0. The van der Waals surface area contributed by atoms with Gasteiger partial charge in [0.1, 0.15) is 23.0 Å². The zero-order valence-electron chi connectivity index (χ0n) is 18.0. The van der Waals surface area contributed by atoms with E-state index in [-0.39, 0.29) is 23.3 Å². The summed E-state index contributed by atoms with van der Waals surface area (Å²) in [6.45, 7) is 0. The second kappa shape index (κ2) is 7.59. The van der Waals surface area contributed by atoms with Gasteiger partial charge in [0.15, 0.2) is 0 Å². The van der Waals surface area contributed by atoms with Gasteiger partial charge in [0.25, 0.3) is 5.79 Å². The number of phenols is 2. The van der Waals surface area contributed by atoms with Crippen molar-refractivity contribution in [1.29, 1.82) is 0 Å². The lowest BCUT2D eigenvalue weighted by atomic mass is 9.76. The first kappa shape index (κ1) is 19.7. The Kier molecular flexibility index (Phi) is 4.54. The summed E-state index contributed by atoms with van der Waals surface area (Å²) in [6.07, 6.45) is 1.24. The number of benzene rings is 4. The average Bonchev–Trinajstić information content (AvgIpc) is 2.83. The normalized spacial score (nSPS) is 23.2. The van der Waals surface area contributed by atoms with Gasteiger partial charge >= 0.3 is 0 Å². The van der Waals surface area contributed by atoms with E-state index in [2.05, 4.69) is 24.3 Å². The molecule has 2 N–H and O–H groups in total. The summed E-state index contributed by atoms with van der Waals surface area (Å²) < 4.78 is 13.2. The maximum Gasteiger partial charge on any atom is 0.253 e. The van der Waals surface area contributed by atoms with Gasteiger partial charge in [-0.25, -0.2) is 0 Å². The van der Waals surface area contributed by atoms with Crippen LogP contribution >= 0.6 is 0 Å². The highest BCUT2D eigenvalue weighted by atomic mass is 16.7. The predicted octanol–water partition coefficient (Wildman–Crippen LogP) is 6.32. The molecule has 4 heteroatoms. The molecule has 0 amide bonds. The van der Waals surface area contributed by atoms with E-state index < -0.39 is 5.79 Å². The van der Waals surface area contributed by atoms with E-state index in [1.54, 1.807) is 24.3 Å². The van der Waals surface area contributed by atoms with E-state index in [1.165, 1.54) is 11.1 Å². The molecule has 0 saturated heterocycles. The van der Waals surface area contributed by atoms with Crippen LogP contribution < -0.4 is 9.47 Å². The molecule has 6 rings (SSSR count). The molecule has 2 aliphatic heterocycles. The van der Waals surface area contributed by atoms with Crippen LogP contribution in [0.15, 0.2) is 97.1 Å². The van der Waals surface area contributed by atoms with Gasteiger partial charge in [0.05, 0.1) is 0 Å². The highest BCUT2D eigenvalue weighted by Gasteiger charge is 2.49. The molecule has 0 aromatic heterocycles. The molecule has 1 spiro atoms. The summed E-state index contributed by atoms with van der Waals surface area (Å²) in [5.74, 6) is 0.729. The van der Waals surface area contributed by atoms with Crippen LogP contribution in [0.1, 0.15) is 46.9 Å². The van der Waals surface area contributed by atoms with Crippen LogP contribution in [0, 0.1) is 0 Å². The maximum absolute atomic E-state index is 10.2. The van der Waals surface area contributed by atoms with Gasteiger partial charge in [-0.3, -0.25) is 0 Å². The highest BCUT2D eigenvalue weighted by Crippen LogP contribution is 2.53. The molecule has 0 saturated carbocycles. The monoisotopic (exact) mass is 436 g/mol. The van der Waals surface area contributed by atoms with Crippen molar-refractivity contribution < 1.29 is 19.7 Å². The average molecular weight is 437 g/mol. The molecule has 0 bridgehead atoms. The molecule has 2 aliphatic rings. The van der Waals surface area contributed by atoms with E-state index in [1.807, 2.05) is 48.5 Å². The third-order valence-corrected chi connectivity index (χ3v) is 6.77. The Morgan fingerprint density at radius 2 is 1.00 bits per heavy atom. The van der Waals surface area contributed by atoms with Gasteiger partial charge < -0.3 is 19.7 Å². The van der Waals surface area contributed by atoms with Gasteiger partial charge in [-0.05, 0) is 23.3 Å². The fraction of sp³-hybridized carbons (Fsp3) is 0.172. The number of hydrogen-bond acceptors (Lipinski definition) is 4. The van der Waals surface area contributed by atoms with E-state index >= 15 is 0 Å². The third-order valence-electron chi connectivity index (χ3n) is 6.77. The van der Waals surface area contributed by atoms with Crippen molar-refractivity contribution in [3.05, 3.63) is 119 Å². The molecular formula is C29H24O4. The molecule has 2 heterocycles. The number of phenolic OH excluding ortho intramolecular Hbond substituents is 2. The van der Waals surface area contributed by atoms with Gasteiger partial charge in [0.2, 0.25) is 0 Å². The van der Waals surface area contributed by atoms with E-state index in [4.69, 9.17) is 9.47 Å². The summed E-state index contributed by atoms with van der Waals surface area (Å²) in [5.41, 5.74) is 4.42. The Bertz CT molecular complexity index is 1200. The van der Waals surface area contributed by atoms with Crippen LogP contribution in [0.4, 0.5) is 0 Å². The first-order chi connectivity index (χ1) is 16.1. The van der Waals surface area contributed by atoms with Crippen molar-refractivity contribution in [3.63, 3.8) is 0 Å². The fourth-order valence-corrected chi connectivity index (χ4v) is 5.28. The zero-order chi connectivity index (χ0) is 22.4. The molecule has 4 nitrogen and oxygen atoms in total. The second-order valence-electron chi connectivity index (χ2n) is 8.89. The molecule has 2 unspecified atom stereocenters. The topological polar surface area (TPSA) is 58.9 Å². The first-order valence-electron chi connectivity index (χ1n) is 11.2. The van der Waals surface area contributed by atoms with E-state index in [0.717, 1.165) is 11.1 Å². The minimum atomic E-state index is -0.942. The minimum Gasteiger partial charge on any atom is -0.508 e. The predicted molar refractivity (Wildman–Crippen MR) is 126 cm³/mol. The van der Waals surface area contributed by atoms with Crippen LogP contribution in [0.5, 0.6) is 23.0 Å². The number of fused-ring (bicyclic) bond motifs is 2. The molecular weight excluding hydrogens is 412 g/mol. The molecule has 164 valence electrons. The van der Waals surface area contributed by atoms with Crippen LogP contribution in [-0.2, 0) is 0 Å². The van der Waals surface area contributed by atoms with Crippen molar-refractivity contribution in [2.24, 2.45) is 0 Å². The van der Waals surface area contributed by atoms with Crippen LogP contribution in [0.3, 0.4) is 0 Å². The zero-order valence-corrected chi connectivity index (χ0v) is 18.0. The fourth-order valence-electron chi connectivity index (χ4n) is 5.28. The SMILES string of the molecule is Oc1ccc2c(c1)OC1(CC2c2ccccc2)CC(c2ccccc2)c2ccc(O)cc2O1. The minimum absolute atomic E-state index is 0.0471. The Hall–Kier alpha value is -3.92. The van der Waals surface area contributed by atoms with Gasteiger partial charge in [-0.1, -0.05) is 72.8 Å². The Labute approximate surface area is 192 Å². The van der Waals surface area contributed by atoms with Crippen LogP contribution in [0.2, 0.25) is 0 Å². The van der Waals surface area contributed by atoms with Crippen molar-refractivity contribution in [3.8, 4) is 23.0 Å². The lowest BCUT2D eigenvalue weighted by Gasteiger charge is -2.47. The van der Waals surface area contributed by atoms with Crippen LogP contribution in [0.25, 0.3) is 0 Å². The number of ether oxygens (including phenoxy) is 2. The summed E-state index contributed by atoms with van der Waals surface area (Å²) in [4.78, 5) is 0. The third kappa shape index (κ3) is 3.48. The summed E-state index contributed by atoms with van der Waals surface area (Å²) in [5, 5.41) is 20.4. The molecule has 0 fully saturated rings. The van der Waals surface area contributed by atoms with Gasteiger partial charge in [-0.15, -0.1) is 0 Å². The first-order valence-corrected chi connectivity index (χ1v) is 11.2. The van der Waals surface area contributed by atoms with Crippen LogP contribution in [-0.4, -0.2) is 16.0 Å². The van der Waals surface area contributed by atoms with Gasteiger partial charge in [0, 0.05) is 47.9 Å². The standard InChI is InChI=1S/C29H24O4/c30-21-11-13-23-25(19-7-3-1-4-8-19)17-29(32-27(23)15-21)18-26(20-9-5-2-6-10-20)24-14-12-22(31)16-28(24)33-29/h1-16,25-26,30-31H,17-18H2. The summed E-state index contributed by atoms with van der Waals surface area (Å²) >= 11 is 0. The van der Waals surface area contributed by atoms with E-state index in [9.17, 15) is 10.2 Å². The molecule has 33 heavy (non-hydrogen) atoms. The maximum atomic E-state index is 10.2. The smallest absolute Gasteiger partial charge is 0.253 e. The van der Waals surface area contributed by atoms with E-state index in [0.29, 0.717) is 24.3 Å².